The number of hydrogen-bond acceptors (Lipinski definition) is 2. The molecule has 3 heteroatoms. The minimum Gasteiger partial charge on any atom is -0.356 e. The van der Waals surface area contributed by atoms with Crippen molar-refractivity contribution in [3.8, 4) is 0 Å². The van der Waals surface area contributed by atoms with E-state index in [1.165, 1.54) is 32.1 Å². The van der Waals surface area contributed by atoms with Crippen molar-refractivity contribution >= 4 is 5.95 Å². The molecule has 0 unspecified atom stereocenters. The van der Waals surface area contributed by atoms with Crippen LogP contribution >= 0.6 is 0 Å². The van der Waals surface area contributed by atoms with Crippen LogP contribution in [0.2, 0.25) is 0 Å². The number of imidazole rings is 1. The quantitative estimate of drug-likeness (QED) is 0.846. The van der Waals surface area contributed by atoms with Gasteiger partial charge < -0.3 is 9.88 Å². The molecule has 2 rings (SSSR count). The maximum atomic E-state index is 4.52. The molecule has 0 bridgehead atoms. The number of aromatic nitrogens is 2. The zero-order valence-electron chi connectivity index (χ0n) is 10.5. The van der Waals surface area contributed by atoms with Gasteiger partial charge in [0.1, 0.15) is 0 Å². The van der Waals surface area contributed by atoms with Crippen LogP contribution in [-0.4, -0.2) is 16.1 Å². The number of hydrogen-bond donors (Lipinski definition) is 1. The average Bonchev–Trinajstić information content (AvgIpc) is 2.61. The van der Waals surface area contributed by atoms with Gasteiger partial charge in [0.15, 0.2) is 0 Å². The highest BCUT2D eigenvalue weighted by Crippen LogP contribution is 2.26. The van der Waals surface area contributed by atoms with Gasteiger partial charge in [-0.25, -0.2) is 4.98 Å². The van der Waals surface area contributed by atoms with Crippen LogP contribution in [0.15, 0.2) is 6.20 Å². The van der Waals surface area contributed by atoms with E-state index in [0.717, 1.165) is 30.6 Å². The van der Waals surface area contributed by atoms with E-state index in [1.54, 1.807) is 0 Å². The van der Waals surface area contributed by atoms with E-state index in [2.05, 4.69) is 34.9 Å². The number of aryl methyl sites for hydroxylation is 1. The number of rotatable bonds is 4. The predicted octanol–water partition coefficient (Wildman–Crippen LogP) is 3.20. The fourth-order valence-corrected chi connectivity index (χ4v) is 2.63. The molecular formula is C13H23N3. The molecule has 1 N–H and O–H groups in total. The third kappa shape index (κ3) is 2.77. The highest BCUT2D eigenvalue weighted by atomic mass is 15.2. The summed E-state index contributed by atoms with van der Waals surface area (Å²) in [6.45, 7) is 6.28. The molecule has 0 amide bonds. The second-order valence-electron chi connectivity index (χ2n) is 4.89. The zero-order valence-corrected chi connectivity index (χ0v) is 10.5. The van der Waals surface area contributed by atoms with Crippen LogP contribution in [-0.2, 0) is 6.54 Å². The molecule has 1 aromatic heterocycles. The monoisotopic (exact) mass is 221 g/mol. The molecule has 1 heterocycles. The van der Waals surface area contributed by atoms with Crippen molar-refractivity contribution in [3.63, 3.8) is 0 Å². The fraction of sp³-hybridized carbons (Fsp3) is 0.769. The zero-order chi connectivity index (χ0) is 11.4. The van der Waals surface area contributed by atoms with Crippen molar-refractivity contribution in [2.75, 3.05) is 11.9 Å². The summed E-state index contributed by atoms with van der Waals surface area (Å²) < 4.78 is 2.30. The molecule has 16 heavy (non-hydrogen) atoms. The van der Waals surface area contributed by atoms with Crippen molar-refractivity contribution in [2.45, 2.75) is 52.5 Å². The maximum absolute atomic E-state index is 4.52. The normalized spacial score (nSPS) is 17.6. The Labute approximate surface area is 98.3 Å². The molecule has 0 atom stereocenters. The van der Waals surface area contributed by atoms with Crippen LogP contribution in [0.3, 0.4) is 0 Å². The first-order valence-corrected chi connectivity index (χ1v) is 6.57. The summed E-state index contributed by atoms with van der Waals surface area (Å²) >= 11 is 0. The molecule has 3 nitrogen and oxygen atoms in total. The summed E-state index contributed by atoms with van der Waals surface area (Å²) in [5.41, 5.74) is 1.12. The van der Waals surface area contributed by atoms with Gasteiger partial charge in [0.2, 0.25) is 5.95 Å². The standard InChI is InChI=1S/C13H23N3/c1-3-14-13-15-11(2)9-16(13)10-12-7-5-4-6-8-12/h9,12H,3-8,10H2,1-2H3,(H,14,15). The van der Waals surface area contributed by atoms with Crippen LogP contribution in [0.4, 0.5) is 5.95 Å². The van der Waals surface area contributed by atoms with Crippen LogP contribution in [0.5, 0.6) is 0 Å². The van der Waals surface area contributed by atoms with Gasteiger partial charge in [0.05, 0.1) is 5.69 Å². The Hall–Kier alpha value is -0.990. The van der Waals surface area contributed by atoms with Crippen LogP contribution in [0.1, 0.15) is 44.7 Å². The Balaban J connectivity index is 2.01. The molecular weight excluding hydrogens is 198 g/mol. The van der Waals surface area contributed by atoms with Crippen molar-refractivity contribution in [1.29, 1.82) is 0 Å². The molecule has 0 aliphatic heterocycles. The first-order chi connectivity index (χ1) is 7.79. The Kier molecular flexibility index (Phi) is 3.86. The third-order valence-electron chi connectivity index (χ3n) is 3.41. The van der Waals surface area contributed by atoms with Crippen LogP contribution in [0.25, 0.3) is 0 Å². The molecule has 0 spiro atoms. The van der Waals surface area contributed by atoms with E-state index >= 15 is 0 Å². The van der Waals surface area contributed by atoms with E-state index in [4.69, 9.17) is 0 Å². The Morgan fingerprint density at radius 1 is 1.38 bits per heavy atom. The molecule has 0 saturated heterocycles. The van der Waals surface area contributed by atoms with Gasteiger partial charge in [0, 0.05) is 19.3 Å². The van der Waals surface area contributed by atoms with Gasteiger partial charge in [-0.05, 0) is 32.6 Å². The molecule has 1 fully saturated rings. The van der Waals surface area contributed by atoms with Crippen LogP contribution in [0, 0.1) is 12.8 Å². The van der Waals surface area contributed by atoms with Gasteiger partial charge in [0.25, 0.3) is 0 Å². The summed E-state index contributed by atoms with van der Waals surface area (Å²) in [5, 5.41) is 3.34. The number of nitrogens with zero attached hydrogens (tertiary/aromatic N) is 2. The topological polar surface area (TPSA) is 29.9 Å². The van der Waals surface area contributed by atoms with Gasteiger partial charge >= 0.3 is 0 Å². The van der Waals surface area contributed by atoms with E-state index < -0.39 is 0 Å². The van der Waals surface area contributed by atoms with E-state index in [0.29, 0.717) is 0 Å². The Bertz CT molecular complexity index is 324. The van der Waals surface area contributed by atoms with E-state index in [-0.39, 0.29) is 0 Å². The summed E-state index contributed by atoms with van der Waals surface area (Å²) in [6.07, 6.45) is 9.21. The predicted molar refractivity (Wildman–Crippen MR) is 67.7 cm³/mol. The van der Waals surface area contributed by atoms with E-state index in [1.807, 2.05) is 0 Å². The van der Waals surface area contributed by atoms with Gasteiger partial charge in [-0.1, -0.05) is 19.3 Å². The SMILES string of the molecule is CCNc1nc(C)cn1CC1CCCCC1. The lowest BCUT2D eigenvalue weighted by Crippen LogP contribution is -2.15. The van der Waals surface area contributed by atoms with Crippen LogP contribution < -0.4 is 5.32 Å². The highest BCUT2D eigenvalue weighted by molar-refractivity contribution is 5.28. The fourth-order valence-electron chi connectivity index (χ4n) is 2.63. The van der Waals surface area contributed by atoms with E-state index in [9.17, 15) is 0 Å². The Morgan fingerprint density at radius 2 is 2.12 bits per heavy atom. The number of anilines is 1. The molecule has 1 aliphatic carbocycles. The first kappa shape index (κ1) is 11.5. The summed E-state index contributed by atoms with van der Waals surface area (Å²) in [4.78, 5) is 4.52. The minimum absolute atomic E-state index is 0.861. The van der Waals surface area contributed by atoms with Crippen molar-refractivity contribution in [1.82, 2.24) is 9.55 Å². The summed E-state index contributed by atoms with van der Waals surface area (Å²) in [7, 11) is 0. The van der Waals surface area contributed by atoms with Gasteiger partial charge in [-0.3, -0.25) is 0 Å². The lowest BCUT2D eigenvalue weighted by molar-refractivity contribution is 0.320. The van der Waals surface area contributed by atoms with Gasteiger partial charge in [-0.15, -0.1) is 0 Å². The molecule has 1 aromatic rings. The largest absolute Gasteiger partial charge is 0.356 e. The van der Waals surface area contributed by atoms with Crippen molar-refractivity contribution in [3.05, 3.63) is 11.9 Å². The van der Waals surface area contributed by atoms with Crippen molar-refractivity contribution in [2.24, 2.45) is 5.92 Å². The Morgan fingerprint density at radius 3 is 2.81 bits per heavy atom. The average molecular weight is 221 g/mol. The maximum Gasteiger partial charge on any atom is 0.203 e. The molecule has 1 aliphatic rings. The third-order valence-corrected chi connectivity index (χ3v) is 3.41. The number of nitrogens with one attached hydrogen (secondary N) is 1. The molecule has 1 saturated carbocycles. The molecule has 0 radical (unpaired) electrons. The minimum atomic E-state index is 0.861. The second-order valence-corrected chi connectivity index (χ2v) is 4.89. The smallest absolute Gasteiger partial charge is 0.203 e. The lowest BCUT2D eigenvalue weighted by atomic mass is 9.89. The first-order valence-electron chi connectivity index (χ1n) is 6.57. The molecule has 0 aromatic carbocycles. The van der Waals surface area contributed by atoms with Gasteiger partial charge in [-0.2, -0.15) is 0 Å². The second kappa shape index (κ2) is 5.37. The lowest BCUT2D eigenvalue weighted by Gasteiger charge is -2.22. The van der Waals surface area contributed by atoms with Crippen molar-refractivity contribution < 1.29 is 0 Å². The summed E-state index contributed by atoms with van der Waals surface area (Å²) in [5.74, 6) is 1.91. The molecule has 90 valence electrons. The highest BCUT2D eigenvalue weighted by Gasteiger charge is 2.15. The summed E-state index contributed by atoms with van der Waals surface area (Å²) in [6, 6.07) is 0.